The highest BCUT2D eigenvalue weighted by molar-refractivity contribution is 6.32. The molecule has 1 amide bonds. The lowest BCUT2D eigenvalue weighted by Gasteiger charge is -2.17. The molecule has 0 saturated heterocycles. The number of nitrogens with one attached hydrogen (secondary N) is 1. The third-order valence-corrected chi connectivity index (χ3v) is 2.69. The van der Waals surface area contributed by atoms with Crippen LogP contribution in [0.15, 0.2) is 4.99 Å². The van der Waals surface area contributed by atoms with Gasteiger partial charge in [-0.3, -0.25) is 4.79 Å². The minimum absolute atomic E-state index is 0.00871. The van der Waals surface area contributed by atoms with E-state index in [2.05, 4.69) is 20.3 Å². The summed E-state index contributed by atoms with van der Waals surface area (Å²) in [6.07, 6.45) is -0.736. The first-order valence-electron chi connectivity index (χ1n) is 6.78. The number of nitrogens with zero attached hydrogens (tertiary/aromatic N) is 3. The number of ether oxygens (including phenoxy) is 1. The number of aliphatic carboxylic acids is 1. The number of carbonyl (C=O) groups is 2. The average Bonchev–Trinajstić information content (AvgIpc) is 2.36. The number of carbonyl (C=O) groups excluding carboxylic acids is 1. The van der Waals surface area contributed by atoms with Crippen molar-refractivity contribution < 1.29 is 19.4 Å². The highest BCUT2D eigenvalue weighted by atomic mass is 35.5. The van der Waals surface area contributed by atoms with Gasteiger partial charge in [0.15, 0.2) is 11.0 Å². The van der Waals surface area contributed by atoms with E-state index >= 15 is 0 Å². The SMILES string of the molecule is C/C(=N\C(=O)OC(C)(C)C)c1nc(Cl)c(NCC(=O)O)nc1C. The van der Waals surface area contributed by atoms with E-state index in [-0.39, 0.29) is 17.5 Å². The van der Waals surface area contributed by atoms with E-state index in [1.807, 2.05) is 0 Å². The number of anilines is 1. The largest absolute Gasteiger partial charge is 0.480 e. The van der Waals surface area contributed by atoms with Crippen molar-refractivity contribution in [2.45, 2.75) is 40.2 Å². The maximum absolute atomic E-state index is 11.7. The molecule has 0 radical (unpaired) electrons. The zero-order valence-corrected chi connectivity index (χ0v) is 14.4. The highest BCUT2D eigenvalue weighted by Gasteiger charge is 2.18. The predicted molar refractivity (Wildman–Crippen MR) is 86.3 cm³/mol. The smallest absolute Gasteiger partial charge is 0.434 e. The lowest BCUT2D eigenvalue weighted by molar-refractivity contribution is -0.134. The maximum Gasteiger partial charge on any atom is 0.434 e. The van der Waals surface area contributed by atoms with E-state index in [1.165, 1.54) is 0 Å². The molecule has 1 rings (SSSR count). The third kappa shape index (κ3) is 6.19. The Morgan fingerprint density at radius 2 is 1.96 bits per heavy atom. The van der Waals surface area contributed by atoms with Crippen LogP contribution in [0.25, 0.3) is 0 Å². The topological polar surface area (TPSA) is 114 Å². The fourth-order valence-electron chi connectivity index (χ4n) is 1.59. The quantitative estimate of drug-likeness (QED) is 0.808. The molecular formula is C14H19ClN4O4. The summed E-state index contributed by atoms with van der Waals surface area (Å²) in [6.45, 7) is 8.11. The van der Waals surface area contributed by atoms with Gasteiger partial charge < -0.3 is 15.2 Å². The fourth-order valence-corrected chi connectivity index (χ4v) is 1.78. The summed E-state index contributed by atoms with van der Waals surface area (Å²) < 4.78 is 5.10. The van der Waals surface area contributed by atoms with Crippen LogP contribution in [0.2, 0.25) is 5.15 Å². The van der Waals surface area contributed by atoms with Gasteiger partial charge in [0, 0.05) is 0 Å². The molecule has 0 bridgehead atoms. The number of carboxylic acids is 1. The number of aryl methyl sites for hydroxylation is 1. The minimum atomic E-state index is -1.05. The number of carboxylic acid groups (broad SMARTS) is 1. The number of amides is 1. The van der Waals surface area contributed by atoms with Crippen molar-refractivity contribution in [3.8, 4) is 0 Å². The molecule has 1 aromatic heterocycles. The maximum atomic E-state index is 11.7. The van der Waals surface area contributed by atoms with Crippen molar-refractivity contribution in [3.05, 3.63) is 16.5 Å². The molecule has 126 valence electrons. The second kappa shape index (κ2) is 7.36. The van der Waals surface area contributed by atoms with Crippen molar-refractivity contribution in [1.82, 2.24) is 9.97 Å². The second-order valence-corrected chi connectivity index (χ2v) is 6.08. The zero-order valence-electron chi connectivity index (χ0n) is 13.6. The average molecular weight is 343 g/mol. The summed E-state index contributed by atoms with van der Waals surface area (Å²) in [7, 11) is 0. The van der Waals surface area contributed by atoms with Crippen LogP contribution in [0, 0.1) is 6.92 Å². The molecule has 0 atom stereocenters. The Balaban J connectivity index is 3.02. The van der Waals surface area contributed by atoms with Gasteiger partial charge in [-0.2, -0.15) is 4.99 Å². The molecule has 0 aromatic carbocycles. The molecule has 1 aromatic rings. The van der Waals surface area contributed by atoms with Crippen molar-refractivity contribution >= 4 is 35.2 Å². The number of halogens is 1. The third-order valence-electron chi connectivity index (χ3n) is 2.43. The molecule has 0 saturated carbocycles. The number of hydrogen-bond acceptors (Lipinski definition) is 6. The summed E-state index contributed by atoms with van der Waals surface area (Å²) >= 11 is 5.97. The number of hydrogen-bond donors (Lipinski definition) is 2. The van der Waals surface area contributed by atoms with E-state index in [0.29, 0.717) is 17.1 Å². The second-order valence-electron chi connectivity index (χ2n) is 5.72. The van der Waals surface area contributed by atoms with Crippen LogP contribution in [-0.2, 0) is 9.53 Å². The van der Waals surface area contributed by atoms with Crippen molar-refractivity contribution in [1.29, 1.82) is 0 Å². The molecule has 0 fully saturated rings. The molecular weight excluding hydrogens is 324 g/mol. The van der Waals surface area contributed by atoms with Gasteiger partial charge in [-0.05, 0) is 34.6 Å². The number of aromatic nitrogens is 2. The number of rotatable bonds is 4. The minimum Gasteiger partial charge on any atom is -0.480 e. The molecule has 0 aliphatic rings. The molecule has 0 aliphatic heterocycles. The fraction of sp³-hybridized carbons (Fsp3) is 0.500. The van der Waals surface area contributed by atoms with Gasteiger partial charge >= 0.3 is 12.1 Å². The van der Waals surface area contributed by atoms with Gasteiger partial charge in [-0.15, -0.1) is 0 Å². The Hall–Kier alpha value is -2.22. The lowest BCUT2D eigenvalue weighted by Crippen LogP contribution is -2.22. The molecule has 23 heavy (non-hydrogen) atoms. The molecule has 2 N–H and O–H groups in total. The van der Waals surface area contributed by atoms with E-state index in [1.54, 1.807) is 34.6 Å². The highest BCUT2D eigenvalue weighted by Crippen LogP contribution is 2.19. The summed E-state index contributed by atoms with van der Waals surface area (Å²) in [4.78, 5) is 34.3. The van der Waals surface area contributed by atoms with E-state index in [0.717, 1.165) is 0 Å². The van der Waals surface area contributed by atoms with Crippen LogP contribution in [0.3, 0.4) is 0 Å². The van der Waals surface area contributed by atoms with Crippen LogP contribution >= 0.6 is 11.6 Å². The molecule has 0 spiro atoms. The monoisotopic (exact) mass is 342 g/mol. The molecule has 9 heteroatoms. The summed E-state index contributed by atoms with van der Waals surface area (Å²) in [6, 6.07) is 0. The van der Waals surface area contributed by atoms with Crippen LogP contribution < -0.4 is 5.32 Å². The first-order valence-corrected chi connectivity index (χ1v) is 7.16. The standard InChI is InChI=1S/C14H19ClN4O4/c1-7-10(8(2)18-13(22)23-14(3,4)5)19-11(15)12(17-7)16-6-9(20)21/h6H2,1-5H3,(H,16,17)(H,20,21)/b18-8+. The van der Waals surface area contributed by atoms with E-state index in [9.17, 15) is 9.59 Å². The van der Waals surface area contributed by atoms with Crippen molar-refractivity contribution in [2.75, 3.05) is 11.9 Å². The Bertz CT molecular complexity index is 653. The van der Waals surface area contributed by atoms with Gasteiger partial charge in [0.25, 0.3) is 0 Å². The summed E-state index contributed by atoms with van der Waals surface area (Å²) in [5.74, 6) is -0.896. The molecule has 0 unspecified atom stereocenters. The van der Waals surface area contributed by atoms with Crippen molar-refractivity contribution in [2.24, 2.45) is 4.99 Å². The first kappa shape index (κ1) is 18.8. The van der Waals surface area contributed by atoms with Crippen molar-refractivity contribution in [3.63, 3.8) is 0 Å². The molecule has 8 nitrogen and oxygen atoms in total. The Morgan fingerprint density at radius 1 is 1.35 bits per heavy atom. The van der Waals surface area contributed by atoms with Gasteiger partial charge in [-0.25, -0.2) is 14.8 Å². The molecule has 0 aliphatic carbocycles. The predicted octanol–water partition coefficient (Wildman–Crippen LogP) is 2.68. The van der Waals surface area contributed by atoms with E-state index < -0.39 is 17.7 Å². The van der Waals surface area contributed by atoms with Crippen LogP contribution in [0.1, 0.15) is 39.1 Å². The Labute approximate surface area is 138 Å². The zero-order chi connectivity index (χ0) is 17.8. The van der Waals surface area contributed by atoms with Crippen LogP contribution in [0.5, 0.6) is 0 Å². The Morgan fingerprint density at radius 3 is 2.48 bits per heavy atom. The summed E-state index contributed by atoms with van der Waals surface area (Å²) in [5.41, 5.74) is 0.439. The van der Waals surface area contributed by atoms with Gasteiger partial charge in [0.2, 0.25) is 0 Å². The van der Waals surface area contributed by atoms with Gasteiger partial charge in [0.1, 0.15) is 17.8 Å². The lowest BCUT2D eigenvalue weighted by atomic mass is 10.2. The number of aliphatic imine (C=N–C) groups is 1. The van der Waals surface area contributed by atoms with E-state index in [4.69, 9.17) is 21.4 Å². The first-order chi connectivity index (χ1) is 10.5. The van der Waals surface area contributed by atoms with Crippen LogP contribution in [0.4, 0.5) is 10.6 Å². The van der Waals surface area contributed by atoms with Gasteiger partial charge in [0.05, 0.1) is 11.4 Å². The summed E-state index contributed by atoms with van der Waals surface area (Å²) in [5, 5.41) is 11.2. The normalized spacial score (nSPS) is 12.0. The Kier molecular flexibility index (Phi) is 6.03. The molecule has 1 heterocycles. The van der Waals surface area contributed by atoms with Crippen LogP contribution in [-0.4, -0.2) is 45.0 Å². The van der Waals surface area contributed by atoms with Gasteiger partial charge in [-0.1, -0.05) is 11.6 Å².